The van der Waals surface area contributed by atoms with E-state index in [1.165, 1.54) is 0 Å². The highest BCUT2D eigenvalue weighted by Crippen LogP contribution is 2.20. The lowest BCUT2D eigenvalue weighted by molar-refractivity contribution is -0.127. The van der Waals surface area contributed by atoms with E-state index in [2.05, 4.69) is 10.5 Å². The molecule has 5 heteroatoms. The third-order valence-corrected chi connectivity index (χ3v) is 2.45. The van der Waals surface area contributed by atoms with Gasteiger partial charge in [0.2, 0.25) is 0 Å². The molecule has 0 spiro atoms. The summed E-state index contributed by atoms with van der Waals surface area (Å²) in [6.07, 6.45) is -0.599. The minimum atomic E-state index is -0.599. The number of amides is 1. The molecule has 0 saturated heterocycles. The van der Waals surface area contributed by atoms with E-state index in [1.54, 1.807) is 32.0 Å². The van der Waals surface area contributed by atoms with Crippen molar-refractivity contribution in [2.45, 2.75) is 26.9 Å². The molecule has 0 aliphatic rings. The van der Waals surface area contributed by atoms with Gasteiger partial charge in [0.1, 0.15) is 5.75 Å². The summed E-state index contributed by atoms with van der Waals surface area (Å²) in [4.78, 5) is 11.6. The van der Waals surface area contributed by atoms with Gasteiger partial charge in [-0.15, -0.1) is 0 Å². The minimum absolute atomic E-state index is 0.175. The Bertz CT molecular complexity index is 444. The Balaban J connectivity index is 2.88. The van der Waals surface area contributed by atoms with Crippen molar-refractivity contribution in [3.8, 4) is 5.75 Å². The van der Waals surface area contributed by atoms with Crippen molar-refractivity contribution in [1.82, 2.24) is 5.32 Å². The molecule has 0 fully saturated rings. The molecule has 1 aromatic carbocycles. The number of ether oxygens (including phenoxy) is 1. The van der Waals surface area contributed by atoms with Crippen LogP contribution in [-0.2, 0) is 4.79 Å². The van der Waals surface area contributed by atoms with Gasteiger partial charge in [-0.3, -0.25) is 4.79 Å². The number of nitrogens with one attached hydrogen (secondary N) is 1. The highest BCUT2D eigenvalue weighted by Gasteiger charge is 2.16. The standard InChI is InChI=1S/C13H18N2O3/c1-4-14-13(16)10(3)18-12-8-6-5-7-11(12)9(2)15-17/h5-8,10,17H,4H2,1-3H3,(H,14,16)/b15-9+. The summed E-state index contributed by atoms with van der Waals surface area (Å²) in [5.41, 5.74) is 1.10. The van der Waals surface area contributed by atoms with Crippen LogP contribution >= 0.6 is 0 Å². The number of hydrogen-bond donors (Lipinski definition) is 2. The Kier molecular flexibility index (Phi) is 5.17. The quantitative estimate of drug-likeness (QED) is 0.475. The first kappa shape index (κ1) is 14.0. The summed E-state index contributed by atoms with van der Waals surface area (Å²) in [5, 5.41) is 14.6. The molecule has 1 aromatic rings. The van der Waals surface area contributed by atoms with E-state index in [9.17, 15) is 4.79 Å². The maximum Gasteiger partial charge on any atom is 0.260 e. The van der Waals surface area contributed by atoms with Crippen LogP contribution in [0, 0.1) is 0 Å². The number of oxime groups is 1. The van der Waals surface area contributed by atoms with Gasteiger partial charge in [0.05, 0.1) is 5.71 Å². The molecule has 1 rings (SSSR count). The molecule has 98 valence electrons. The number of carbonyl (C=O) groups is 1. The van der Waals surface area contributed by atoms with Crippen LogP contribution in [0.2, 0.25) is 0 Å². The topological polar surface area (TPSA) is 70.9 Å². The van der Waals surface area contributed by atoms with Crippen molar-refractivity contribution < 1.29 is 14.7 Å². The number of benzene rings is 1. The van der Waals surface area contributed by atoms with Gasteiger partial charge in [-0.05, 0) is 32.9 Å². The van der Waals surface area contributed by atoms with Gasteiger partial charge in [0.25, 0.3) is 5.91 Å². The van der Waals surface area contributed by atoms with Crippen LogP contribution in [0.25, 0.3) is 0 Å². The Hall–Kier alpha value is -2.04. The first-order valence-electron chi connectivity index (χ1n) is 5.82. The van der Waals surface area contributed by atoms with Gasteiger partial charge >= 0.3 is 0 Å². The highest BCUT2D eigenvalue weighted by atomic mass is 16.5. The van der Waals surface area contributed by atoms with E-state index >= 15 is 0 Å². The summed E-state index contributed by atoms with van der Waals surface area (Å²) >= 11 is 0. The van der Waals surface area contributed by atoms with Gasteiger partial charge in [0.15, 0.2) is 6.10 Å². The molecule has 0 aromatic heterocycles. The first-order chi connectivity index (χ1) is 8.60. The van der Waals surface area contributed by atoms with Gasteiger partial charge in [-0.25, -0.2) is 0 Å². The van der Waals surface area contributed by atoms with Crippen LogP contribution in [0.15, 0.2) is 29.4 Å². The summed E-state index contributed by atoms with van der Waals surface area (Å²) in [6.45, 7) is 5.75. The van der Waals surface area contributed by atoms with Crippen molar-refractivity contribution in [3.05, 3.63) is 29.8 Å². The van der Waals surface area contributed by atoms with Crippen LogP contribution < -0.4 is 10.1 Å². The minimum Gasteiger partial charge on any atom is -0.480 e. The fourth-order valence-electron chi connectivity index (χ4n) is 1.48. The van der Waals surface area contributed by atoms with Crippen molar-refractivity contribution in [1.29, 1.82) is 0 Å². The van der Waals surface area contributed by atoms with Gasteiger partial charge in [0, 0.05) is 12.1 Å². The molecule has 0 aliphatic heterocycles. The smallest absolute Gasteiger partial charge is 0.260 e. The van der Waals surface area contributed by atoms with Gasteiger partial charge in [-0.1, -0.05) is 17.3 Å². The van der Waals surface area contributed by atoms with Crippen LogP contribution in [-0.4, -0.2) is 29.5 Å². The summed E-state index contributed by atoms with van der Waals surface area (Å²) in [6, 6.07) is 7.12. The lowest BCUT2D eigenvalue weighted by Gasteiger charge is -2.16. The largest absolute Gasteiger partial charge is 0.480 e. The third kappa shape index (κ3) is 3.48. The summed E-state index contributed by atoms with van der Waals surface area (Å²) in [7, 11) is 0. The van der Waals surface area contributed by atoms with Crippen molar-refractivity contribution >= 4 is 11.6 Å². The van der Waals surface area contributed by atoms with Crippen LogP contribution in [0.1, 0.15) is 26.3 Å². The zero-order valence-corrected chi connectivity index (χ0v) is 10.8. The molecule has 1 unspecified atom stereocenters. The number of likely N-dealkylation sites (N-methyl/N-ethyl adjacent to an activating group) is 1. The highest BCUT2D eigenvalue weighted by molar-refractivity contribution is 6.00. The van der Waals surface area contributed by atoms with E-state index in [0.29, 0.717) is 23.6 Å². The van der Waals surface area contributed by atoms with Crippen molar-refractivity contribution in [2.24, 2.45) is 5.16 Å². The second kappa shape index (κ2) is 6.64. The molecule has 0 radical (unpaired) electrons. The number of rotatable bonds is 5. The molecule has 1 amide bonds. The first-order valence-corrected chi connectivity index (χ1v) is 5.82. The number of carbonyl (C=O) groups excluding carboxylic acids is 1. The van der Waals surface area contributed by atoms with Gasteiger partial charge < -0.3 is 15.3 Å². The van der Waals surface area contributed by atoms with E-state index in [4.69, 9.17) is 9.94 Å². The molecule has 2 N–H and O–H groups in total. The average molecular weight is 250 g/mol. The van der Waals surface area contributed by atoms with Crippen LogP contribution in [0.5, 0.6) is 5.75 Å². The average Bonchev–Trinajstić information content (AvgIpc) is 2.38. The third-order valence-electron chi connectivity index (χ3n) is 2.45. The monoisotopic (exact) mass is 250 g/mol. The molecule has 0 saturated carbocycles. The lowest BCUT2D eigenvalue weighted by Crippen LogP contribution is -2.36. The molecule has 0 bridgehead atoms. The molecule has 5 nitrogen and oxygen atoms in total. The van der Waals surface area contributed by atoms with Crippen LogP contribution in [0.4, 0.5) is 0 Å². The van der Waals surface area contributed by atoms with Crippen molar-refractivity contribution in [3.63, 3.8) is 0 Å². The van der Waals surface area contributed by atoms with E-state index in [0.717, 1.165) is 0 Å². The Morgan fingerprint density at radius 1 is 1.50 bits per heavy atom. The van der Waals surface area contributed by atoms with E-state index in [-0.39, 0.29) is 5.91 Å². The zero-order chi connectivity index (χ0) is 13.5. The molecular weight excluding hydrogens is 232 g/mol. The Morgan fingerprint density at radius 2 is 2.17 bits per heavy atom. The molecule has 0 aliphatic carbocycles. The van der Waals surface area contributed by atoms with Gasteiger partial charge in [-0.2, -0.15) is 0 Å². The SMILES string of the molecule is CCNC(=O)C(C)Oc1ccccc1/C(C)=N/O. The number of para-hydroxylation sites is 1. The normalized spacial score (nSPS) is 12.9. The fraction of sp³-hybridized carbons (Fsp3) is 0.385. The maximum atomic E-state index is 11.6. The molecule has 18 heavy (non-hydrogen) atoms. The fourth-order valence-corrected chi connectivity index (χ4v) is 1.48. The predicted molar refractivity (Wildman–Crippen MR) is 69.2 cm³/mol. The zero-order valence-electron chi connectivity index (χ0n) is 10.8. The Labute approximate surface area is 106 Å². The number of nitrogens with zero attached hydrogens (tertiary/aromatic N) is 1. The van der Waals surface area contributed by atoms with Crippen molar-refractivity contribution in [2.75, 3.05) is 6.54 Å². The number of hydrogen-bond acceptors (Lipinski definition) is 4. The maximum absolute atomic E-state index is 11.6. The molecular formula is C13H18N2O3. The molecule has 0 heterocycles. The van der Waals surface area contributed by atoms with E-state index in [1.807, 2.05) is 13.0 Å². The molecule has 1 atom stereocenters. The summed E-state index contributed by atoms with van der Waals surface area (Å²) in [5.74, 6) is 0.345. The second-order valence-electron chi connectivity index (χ2n) is 3.84. The Morgan fingerprint density at radius 3 is 2.78 bits per heavy atom. The van der Waals surface area contributed by atoms with Crippen LogP contribution in [0.3, 0.4) is 0 Å². The predicted octanol–water partition coefficient (Wildman–Crippen LogP) is 1.79. The lowest BCUT2D eigenvalue weighted by atomic mass is 10.1. The van der Waals surface area contributed by atoms with E-state index < -0.39 is 6.10 Å². The second-order valence-corrected chi connectivity index (χ2v) is 3.84. The summed E-state index contributed by atoms with van der Waals surface area (Å²) < 4.78 is 5.58.